The summed E-state index contributed by atoms with van der Waals surface area (Å²) in [6, 6.07) is 0. The van der Waals surface area contributed by atoms with E-state index in [0.717, 1.165) is 15.8 Å². The second kappa shape index (κ2) is 3.68. The minimum atomic E-state index is 0.293. The van der Waals surface area contributed by atoms with Crippen molar-refractivity contribution < 1.29 is 0 Å². The Balaban J connectivity index is 2.71. The van der Waals surface area contributed by atoms with E-state index in [1.54, 1.807) is 0 Å². The first-order chi connectivity index (χ1) is 5.47. The van der Waals surface area contributed by atoms with Crippen molar-refractivity contribution >= 4 is 22.6 Å². The summed E-state index contributed by atoms with van der Waals surface area (Å²) in [5.74, 6) is 0. The van der Waals surface area contributed by atoms with Gasteiger partial charge in [-0.25, -0.2) is 4.98 Å². The van der Waals surface area contributed by atoms with Crippen LogP contribution >= 0.6 is 22.6 Å². The predicted octanol–water partition coefficient (Wildman–Crippen LogP) is 2.67. The van der Waals surface area contributed by atoms with Crippen LogP contribution in [0.4, 0.5) is 0 Å². The second-order valence-corrected chi connectivity index (χ2v) is 5.17. The first kappa shape index (κ1) is 9.89. The molecule has 0 bridgehead atoms. The molecule has 66 valence electrons. The van der Waals surface area contributed by atoms with Gasteiger partial charge in [-0.3, -0.25) is 4.98 Å². The van der Waals surface area contributed by atoms with Crippen molar-refractivity contribution in [1.82, 2.24) is 9.97 Å². The highest BCUT2D eigenvalue weighted by Gasteiger charge is 2.11. The molecule has 0 atom stereocenters. The molecule has 3 heteroatoms. The van der Waals surface area contributed by atoms with Gasteiger partial charge in [0.25, 0.3) is 0 Å². The standard InChI is InChI=1S/C9H13IN2/c1-9(2,3)4-7-5-12-8(10)6-11-7/h5-6H,4H2,1-3H3. The quantitative estimate of drug-likeness (QED) is 0.737. The Hall–Kier alpha value is -0.190. The van der Waals surface area contributed by atoms with Gasteiger partial charge in [-0.1, -0.05) is 20.8 Å². The fourth-order valence-corrected chi connectivity index (χ4v) is 1.25. The van der Waals surface area contributed by atoms with Crippen LogP contribution in [0.2, 0.25) is 0 Å². The number of halogens is 1. The molecule has 0 amide bonds. The van der Waals surface area contributed by atoms with Gasteiger partial charge in [-0.05, 0) is 34.4 Å². The highest BCUT2D eigenvalue weighted by molar-refractivity contribution is 14.1. The molecule has 0 saturated carbocycles. The van der Waals surface area contributed by atoms with Crippen LogP contribution in [-0.2, 0) is 6.42 Å². The number of rotatable bonds is 1. The molecule has 0 aliphatic rings. The fraction of sp³-hybridized carbons (Fsp3) is 0.556. The molecule has 0 unspecified atom stereocenters. The Morgan fingerprint density at radius 1 is 1.25 bits per heavy atom. The summed E-state index contributed by atoms with van der Waals surface area (Å²) in [6.07, 6.45) is 4.64. The van der Waals surface area contributed by atoms with E-state index in [0.29, 0.717) is 5.41 Å². The third-order valence-electron chi connectivity index (χ3n) is 1.39. The zero-order valence-corrected chi connectivity index (χ0v) is 9.79. The Morgan fingerprint density at radius 3 is 2.33 bits per heavy atom. The Morgan fingerprint density at radius 2 is 1.92 bits per heavy atom. The average molecular weight is 276 g/mol. The molecule has 1 heterocycles. The lowest BCUT2D eigenvalue weighted by Gasteiger charge is -2.16. The van der Waals surface area contributed by atoms with Gasteiger partial charge in [-0.2, -0.15) is 0 Å². The molecule has 0 aromatic carbocycles. The number of hydrogen-bond donors (Lipinski definition) is 0. The van der Waals surface area contributed by atoms with Crippen molar-refractivity contribution in [2.24, 2.45) is 5.41 Å². The van der Waals surface area contributed by atoms with Gasteiger partial charge in [0.1, 0.15) is 3.70 Å². The third kappa shape index (κ3) is 3.47. The molecule has 0 aliphatic carbocycles. The molecule has 0 saturated heterocycles. The largest absolute Gasteiger partial charge is 0.257 e. The molecule has 12 heavy (non-hydrogen) atoms. The lowest BCUT2D eigenvalue weighted by atomic mass is 9.91. The second-order valence-electron chi connectivity index (χ2n) is 4.07. The van der Waals surface area contributed by atoms with Gasteiger partial charge >= 0.3 is 0 Å². The monoisotopic (exact) mass is 276 g/mol. The van der Waals surface area contributed by atoms with Crippen LogP contribution in [-0.4, -0.2) is 9.97 Å². The van der Waals surface area contributed by atoms with Crippen LogP contribution < -0.4 is 0 Å². The lowest BCUT2D eigenvalue weighted by Crippen LogP contribution is -2.10. The summed E-state index contributed by atoms with van der Waals surface area (Å²) in [4.78, 5) is 8.48. The van der Waals surface area contributed by atoms with Crippen molar-refractivity contribution in [3.8, 4) is 0 Å². The van der Waals surface area contributed by atoms with Gasteiger partial charge in [0.2, 0.25) is 0 Å². The van der Waals surface area contributed by atoms with Crippen molar-refractivity contribution in [2.75, 3.05) is 0 Å². The fourth-order valence-electron chi connectivity index (χ4n) is 0.974. The lowest BCUT2D eigenvalue weighted by molar-refractivity contribution is 0.405. The number of nitrogens with zero attached hydrogens (tertiary/aromatic N) is 2. The molecular weight excluding hydrogens is 263 g/mol. The molecule has 0 fully saturated rings. The number of aromatic nitrogens is 2. The van der Waals surface area contributed by atoms with E-state index >= 15 is 0 Å². The van der Waals surface area contributed by atoms with E-state index in [1.165, 1.54) is 0 Å². The maximum absolute atomic E-state index is 4.29. The van der Waals surface area contributed by atoms with Crippen LogP contribution in [0.25, 0.3) is 0 Å². The highest BCUT2D eigenvalue weighted by atomic mass is 127. The van der Waals surface area contributed by atoms with Crippen molar-refractivity contribution in [1.29, 1.82) is 0 Å². The summed E-state index contributed by atoms with van der Waals surface area (Å²) in [6.45, 7) is 6.60. The summed E-state index contributed by atoms with van der Waals surface area (Å²) < 4.78 is 0.949. The third-order valence-corrected chi connectivity index (χ3v) is 1.94. The minimum absolute atomic E-state index is 0.293. The molecule has 0 N–H and O–H groups in total. The average Bonchev–Trinajstić information content (AvgIpc) is 1.91. The van der Waals surface area contributed by atoms with Gasteiger partial charge in [0.15, 0.2) is 0 Å². The smallest absolute Gasteiger partial charge is 0.119 e. The normalized spacial score (nSPS) is 11.7. The summed E-state index contributed by atoms with van der Waals surface area (Å²) >= 11 is 2.16. The Kier molecular flexibility index (Phi) is 3.04. The molecule has 0 aliphatic heterocycles. The Bertz CT molecular complexity index is 248. The molecule has 1 aromatic rings. The first-order valence-electron chi connectivity index (χ1n) is 3.94. The van der Waals surface area contributed by atoms with Crippen molar-refractivity contribution in [3.05, 3.63) is 21.8 Å². The SMILES string of the molecule is CC(C)(C)Cc1cnc(I)cn1. The first-order valence-corrected chi connectivity index (χ1v) is 5.02. The van der Waals surface area contributed by atoms with E-state index in [4.69, 9.17) is 0 Å². The van der Waals surface area contributed by atoms with E-state index < -0.39 is 0 Å². The van der Waals surface area contributed by atoms with Gasteiger partial charge in [0.05, 0.1) is 11.9 Å². The van der Waals surface area contributed by atoms with Crippen LogP contribution in [0.5, 0.6) is 0 Å². The molecule has 0 radical (unpaired) electrons. The summed E-state index contributed by atoms with van der Waals surface area (Å²) in [5, 5.41) is 0. The maximum atomic E-state index is 4.29. The summed E-state index contributed by atoms with van der Waals surface area (Å²) in [7, 11) is 0. The molecule has 0 spiro atoms. The zero-order valence-electron chi connectivity index (χ0n) is 7.63. The molecule has 2 nitrogen and oxygen atoms in total. The van der Waals surface area contributed by atoms with E-state index in [2.05, 4.69) is 53.3 Å². The van der Waals surface area contributed by atoms with Gasteiger partial charge in [0, 0.05) is 6.20 Å². The van der Waals surface area contributed by atoms with Crippen LogP contribution in [0, 0.1) is 9.12 Å². The van der Waals surface area contributed by atoms with E-state index in [9.17, 15) is 0 Å². The van der Waals surface area contributed by atoms with Crippen LogP contribution in [0.1, 0.15) is 26.5 Å². The van der Waals surface area contributed by atoms with Crippen molar-refractivity contribution in [2.45, 2.75) is 27.2 Å². The zero-order chi connectivity index (χ0) is 9.19. The van der Waals surface area contributed by atoms with E-state index in [-0.39, 0.29) is 0 Å². The minimum Gasteiger partial charge on any atom is -0.257 e. The molecule has 1 rings (SSSR count). The topological polar surface area (TPSA) is 25.8 Å². The van der Waals surface area contributed by atoms with Crippen LogP contribution in [0.3, 0.4) is 0 Å². The van der Waals surface area contributed by atoms with Gasteiger partial charge < -0.3 is 0 Å². The highest BCUT2D eigenvalue weighted by Crippen LogP contribution is 2.18. The maximum Gasteiger partial charge on any atom is 0.119 e. The van der Waals surface area contributed by atoms with Crippen LogP contribution in [0.15, 0.2) is 12.4 Å². The molecule has 1 aromatic heterocycles. The van der Waals surface area contributed by atoms with Crippen molar-refractivity contribution in [3.63, 3.8) is 0 Å². The molecular formula is C9H13IN2. The Labute approximate surface area is 87.0 Å². The summed E-state index contributed by atoms with van der Waals surface area (Å²) in [5.41, 5.74) is 1.37. The van der Waals surface area contributed by atoms with Gasteiger partial charge in [-0.15, -0.1) is 0 Å². The van der Waals surface area contributed by atoms with E-state index in [1.807, 2.05) is 12.4 Å². The predicted molar refractivity (Wildman–Crippen MR) is 57.9 cm³/mol. The number of hydrogen-bond acceptors (Lipinski definition) is 2.